The molecule has 1 unspecified atom stereocenters. The van der Waals surface area contributed by atoms with E-state index in [0.29, 0.717) is 12.7 Å². The highest BCUT2D eigenvalue weighted by Crippen LogP contribution is 2.43. The number of hydrogen-bond acceptors (Lipinski definition) is 10. The van der Waals surface area contributed by atoms with Crippen LogP contribution in [0, 0.1) is 0 Å². The van der Waals surface area contributed by atoms with Gasteiger partial charge in [-0.25, -0.2) is 4.57 Å². The normalized spacial score (nSPS) is 14.4. The minimum atomic E-state index is -4.62. The Balaban J connectivity index is 4.23. The van der Waals surface area contributed by atoms with Gasteiger partial charge in [0.2, 0.25) is 0 Å². The summed E-state index contributed by atoms with van der Waals surface area (Å²) in [6, 6.07) is 0. The van der Waals surface area contributed by atoms with Crippen LogP contribution in [0.5, 0.6) is 0 Å². The summed E-state index contributed by atoms with van der Waals surface area (Å²) in [5.41, 5.74) is 0. The van der Waals surface area contributed by atoms with Gasteiger partial charge in [0.1, 0.15) is 19.0 Å². The molecule has 0 saturated heterocycles. The maximum absolute atomic E-state index is 12.1. The average molecular weight is 583 g/mol. The number of esters is 2. The number of aliphatic hydroxyl groups excluding tert-OH is 2. The predicted molar refractivity (Wildman–Crippen MR) is 146 cm³/mol. The first kappa shape index (κ1) is 37.6. The molecule has 0 spiro atoms. The Morgan fingerprint density at radius 1 is 0.769 bits per heavy atom. The molecule has 0 aromatic heterocycles. The van der Waals surface area contributed by atoms with Crippen LogP contribution < -0.4 is 0 Å². The molecule has 39 heavy (non-hydrogen) atoms. The van der Waals surface area contributed by atoms with Gasteiger partial charge < -0.3 is 29.4 Å². The van der Waals surface area contributed by atoms with Crippen molar-refractivity contribution in [2.24, 2.45) is 0 Å². The van der Waals surface area contributed by atoms with Gasteiger partial charge in [0.15, 0.2) is 6.10 Å². The van der Waals surface area contributed by atoms with E-state index >= 15 is 0 Å². The first-order valence-electron chi connectivity index (χ1n) is 14.4. The molecular weight excluding hydrogens is 531 g/mol. The lowest BCUT2D eigenvalue weighted by atomic mass is 10.0. The van der Waals surface area contributed by atoms with Gasteiger partial charge in [0, 0.05) is 19.3 Å². The number of aliphatic hydroxyl groups is 2. The van der Waals surface area contributed by atoms with Crippen LogP contribution in [-0.4, -0.2) is 72.0 Å². The third kappa shape index (κ3) is 25.4. The van der Waals surface area contributed by atoms with Crippen molar-refractivity contribution in [3.8, 4) is 0 Å². The molecule has 3 atom stereocenters. The predicted octanol–water partition coefficient (Wildman–Crippen LogP) is 4.78. The highest BCUT2D eigenvalue weighted by atomic mass is 31.2. The number of phosphoric ester groups is 1. The van der Waals surface area contributed by atoms with Crippen molar-refractivity contribution in [1.82, 2.24) is 0 Å². The monoisotopic (exact) mass is 582 g/mol. The second-order valence-corrected chi connectivity index (χ2v) is 11.2. The van der Waals surface area contributed by atoms with Crippen LogP contribution in [0.25, 0.3) is 0 Å². The Bertz CT molecular complexity index is 674. The molecule has 0 radical (unpaired) electrons. The quantitative estimate of drug-likeness (QED) is 0.0503. The standard InChI is InChI=1S/C27H51O11P/c1-2-3-4-5-6-7-8-9-10-11-12-13-14-17-26(31)35-22-25(38-27(32)18-15-16-19-28)23-37-39(33,34)36-21-24(30)20-29/h19,24-25,29-30H,2-18,20-23H2,1H3,(H,33,34)/t24-,25+/m0/s1. The smallest absolute Gasteiger partial charge is 0.462 e. The highest BCUT2D eigenvalue weighted by molar-refractivity contribution is 7.47. The minimum absolute atomic E-state index is 0.0574. The summed E-state index contributed by atoms with van der Waals surface area (Å²) in [5.74, 6) is -1.16. The van der Waals surface area contributed by atoms with E-state index in [1.165, 1.54) is 57.8 Å². The van der Waals surface area contributed by atoms with Crippen LogP contribution in [0.4, 0.5) is 0 Å². The summed E-state index contributed by atoms with van der Waals surface area (Å²) in [7, 11) is -4.62. The van der Waals surface area contributed by atoms with Crippen molar-refractivity contribution in [3.63, 3.8) is 0 Å². The maximum atomic E-state index is 12.1. The molecule has 11 nitrogen and oxygen atoms in total. The average Bonchev–Trinajstić information content (AvgIpc) is 2.91. The zero-order valence-electron chi connectivity index (χ0n) is 23.6. The van der Waals surface area contributed by atoms with Gasteiger partial charge in [-0.15, -0.1) is 0 Å². The lowest BCUT2D eigenvalue weighted by Gasteiger charge is -2.20. The minimum Gasteiger partial charge on any atom is -0.462 e. The Labute approximate surface area is 233 Å². The van der Waals surface area contributed by atoms with Crippen LogP contribution >= 0.6 is 7.82 Å². The van der Waals surface area contributed by atoms with Gasteiger partial charge in [-0.2, -0.15) is 0 Å². The number of phosphoric acid groups is 1. The molecule has 12 heteroatoms. The number of aldehydes is 1. The Morgan fingerprint density at radius 3 is 1.82 bits per heavy atom. The Hall–Kier alpha value is -1.36. The molecule has 0 saturated carbocycles. The van der Waals surface area contributed by atoms with Crippen molar-refractivity contribution < 1.29 is 52.6 Å². The zero-order chi connectivity index (χ0) is 29.2. The summed E-state index contributed by atoms with van der Waals surface area (Å²) >= 11 is 0. The Morgan fingerprint density at radius 2 is 1.28 bits per heavy atom. The first-order valence-corrected chi connectivity index (χ1v) is 15.9. The Kier molecular flexibility index (Phi) is 24.7. The SMILES string of the molecule is CCCCCCCCCCCCCCCC(=O)OC[C@H](COP(=O)(O)OC[C@@H](O)CO)OC(=O)CCCC=O. The summed E-state index contributed by atoms with van der Waals surface area (Å²) in [5, 5.41) is 18.0. The van der Waals surface area contributed by atoms with Gasteiger partial charge in [-0.05, 0) is 12.8 Å². The molecule has 0 aliphatic rings. The number of rotatable bonds is 28. The molecule has 0 aromatic carbocycles. The molecular formula is C27H51O11P. The topological polar surface area (TPSA) is 166 Å². The van der Waals surface area contributed by atoms with Crippen LogP contribution in [0.15, 0.2) is 0 Å². The maximum Gasteiger partial charge on any atom is 0.472 e. The number of hydrogen-bond donors (Lipinski definition) is 3. The number of ether oxygens (including phenoxy) is 2. The lowest BCUT2D eigenvalue weighted by Crippen LogP contribution is -2.29. The molecule has 0 aliphatic heterocycles. The summed E-state index contributed by atoms with van der Waals surface area (Å²) in [4.78, 5) is 44.3. The van der Waals surface area contributed by atoms with Crippen LogP contribution in [-0.2, 0) is 37.5 Å². The third-order valence-corrected chi connectivity index (χ3v) is 6.93. The van der Waals surface area contributed by atoms with E-state index in [-0.39, 0.29) is 32.3 Å². The van der Waals surface area contributed by atoms with Gasteiger partial charge in [0.05, 0.1) is 19.8 Å². The van der Waals surface area contributed by atoms with Crippen molar-refractivity contribution in [2.45, 2.75) is 128 Å². The fourth-order valence-corrected chi connectivity index (χ4v) is 4.47. The second-order valence-electron chi connectivity index (χ2n) is 9.74. The number of carbonyl (C=O) groups excluding carboxylic acids is 3. The first-order chi connectivity index (χ1) is 18.7. The largest absolute Gasteiger partial charge is 0.472 e. The van der Waals surface area contributed by atoms with Crippen molar-refractivity contribution in [1.29, 1.82) is 0 Å². The fourth-order valence-electron chi connectivity index (χ4n) is 3.68. The molecule has 0 amide bonds. The third-order valence-electron chi connectivity index (χ3n) is 5.98. The van der Waals surface area contributed by atoms with Crippen molar-refractivity contribution >= 4 is 26.0 Å². The molecule has 230 valence electrons. The number of unbranched alkanes of at least 4 members (excludes halogenated alkanes) is 13. The van der Waals surface area contributed by atoms with E-state index in [1.54, 1.807) is 0 Å². The zero-order valence-corrected chi connectivity index (χ0v) is 24.5. The molecule has 3 N–H and O–H groups in total. The van der Waals surface area contributed by atoms with E-state index in [4.69, 9.17) is 19.1 Å². The van der Waals surface area contributed by atoms with Gasteiger partial charge in [0.25, 0.3) is 0 Å². The summed E-state index contributed by atoms with van der Waals surface area (Å²) < 4.78 is 31.7. The van der Waals surface area contributed by atoms with Gasteiger partial charge in [-0.1, -0.05) is 84.0 Å². The molecule has 0 fully saturated rings. The van der Waals surface area contributed by atoms with E-state index in [0.717, 1.165) is 19.3 Å². The van der Waals surface area contributed by atoms with Crippen LogP contribution in [0.1, 0.15) is 116 Å². The highest BCUT2D eigenvalue weighted by Gasteiger charge is 2.27. The summed E-state index contributed by atoms with van der Waals surface area (Å²) in [6.45, 7) is -0.0702. The second kappa shape index (κ2) is 25.6. The van der Waals surface area contributed by atoms with Gasteiger partial charge >= 0.3 is 19.8 Å². The van der Waals surface area contributed by atoms with Crippen molar-refractivity contribution in [2.75, 3.05) is 26.4 Å². The molecule has 0 aromatic rings. The fraction of sp³-hybridized carbons (Fsp3) is 0.889. The van der Waals surface area contributed by atoms with Crippen LogP contribution in [0.3, 0.4) is 0 Å². The van der Waals surface area contributed by atoms with Crippen molar-refractivity contribution in [3.05, 3.63) is 0 Å². The lowest BCUT2D eigenvalue weighted by molar-refractivity contribution is -0.161. The van der Waals surface area contributed by atoms with E-state index in [9.17, 15) is 28.9 Å². The van der Waals surface area contributed by atoms with E-state index < -0.39 is 51.8 Å². The molecule has 0 aliphatic carbocycles. The van der Waals surface area contributed by atoms with Crippen LogP contribution in [0.2, 0.25) is 0 Å². The van der Waals surface area contributed by atoms with E-state index in [1.807, 2.05) is 0 Å². The van der Waals surface area contributed by atoms with E-state index in [2.05, 4.69) is 11.4 Å². The number of carbonyl (C=O) groups is 3. The summed E-state index contributed by atoms with van der Waals surface area (Å²) in [6.07, 6.45) is 14.2. The molecule has 0 bridgehead atoms. The molecule has 0 rings (SSSR count). The van der Waals surface area contributed by atoms with Gasteiger partial charge in [-0.3, -0.25) is 18.6 Å². The molecule has 0 heterocycles.